The molecule has 3 atom stereocenters. The van der Waals surface area contributed by atoms with Crippen molar-refractivity contribution in [3.8, 4) is 0 Å². The molecule has 0 aliphatic heterocycles. The van der Waals surface area contributed by atoms with E-state index in [1.54, 1.807) is 10.8 Å². The number of hydrogen-bond acceptors (Lipinski definition) is 8. The summed E-state index contributed by atoms with van der Waals surface area (Å²) in [6.45, 7) is 1.16. The van der Waals surface area contributed by atoms with E-state index < -0.39 is 42.9 Å². The fourth-order valence-corrected chi connectivity index (χ4v) is 5.53. The molecule has 4 N–H and O–H groups in total. The normalized spacial score (nSPS) is 15.1. The molecule has 0 fully saturated rings. The van der Waals surface area contributed by atoms with Crippen LogP contribution in [0.4, 0.5) is 0 Å². The summed E-state index contributed by atoms with van der Waals surface area (Å²) in [7, 11) is -1.75. The summed E-state index contributed by atoms with van der Waals surface area (Å²) >= 11 is -2.00. The summed E-state index contributed by atoms with van der Waals surface area (Å²) in [5, 5.41) is 11.3. The van der Waals surface area contributed by atoms with Gasteiger partial charge in [0.1, 0.15) is 0 Å². The Labute approximate surface area is 168 Å². The van der Waals surface area contributed by atoms with E-state index in [4.69, 9.17) is 14.9 Å². The van der Waals surface area contributed by atoms with Crippen molar-refractivity contribution in [1.82, 2.24) is 5.32 Å². The highest BCUT2D eigenvalue weighted by molar-refractivity contribution is 8.76. The third-order valence-corrected chi connectivity index (χ3v) is 7.05. The number of carbonyl (C=O) groups is 2. The number of phosphoric acid groups is 1. The Morgan fingerprint density at radius 3 is 2.33 bits per heavy atom. The van der Waals surface area contributed by atoms with E-state index in [9.17, 15) is 22.9 Å². The van der Waals surface area contributed by atoms with Crippen LogP contribution in [0.3, 0.4) is 0 Å². The molecule has 2 unspecified atom stereocenters. The highest BCUT2D eigenvalue weighted by atomic mass is 33.1. The Morgan fingerprint density at radius 2 is 1.78 bits per heavy atom. The fraction of sp³-hybridized carbons (Fsp3) is 0.846. The van der Waals surface area contributed by atoms with Crippen molar-refractivity contribution in [2.45, 2.75) is 51.2 Å². The number of phosphoric ester groups is 1. The second-order valence-electron chi connectivity index (χ2n) is 5.50. The van der Waals surface area contributed by atoms with E-state index in [1.165, 1.54) is 10.8 Å². The van der Waals surface area contributed by atoms with Gasteiger partial charge in [-0.2, -0.15) is 0 Å². The molecule has 0 bridgehead atoms. The monoisotopic (exact) mass is 466 g/mol. The second-order valence-corrected chi connectivity index (χ2v) is 10.4. The summed E-state index contributed by atoms with van der Waals surface area (Å²) in [5.74, 6) is -0.405. The molecule has 0 aliphatic carbocycles. The van der Waals surface area contributed by atoms with Gasteiger partial charge < -0.3 is 24.8 Å². The van der Waals surface area contributed by atoms with Gasteiger partial charge in [0.05, 0.1) is 6.10 Å². The number of carbonyl (C=O) groups excluding carboxylic acids is 1. The number of amides is 1. The van der Waals surface area contributed by atoms with Crippen LogP contribution >= 0.6 is 29.4 Å². The van der Waals surface area contributed by atoms with Crippen LogP contribution in [-0.2, 0) is 29.8 Å². The molecule has 0 aliphatic rings. The van der Waals surface area contributed by atoms with Gasteiger partial charge in [0.2, 0.25) is 5.91 Å². The number of aliphatic carboxylic acids is 1. The Morgan fingerprint density at radius 1 is 1.19 bits per heavy atom. The lowest BCUT2D eigenvalue weighted by atomic mass is 10.1. The molecule has 0 aromatic heterocycles. The molecule has 0 aromatic rings. The van der Waals surface area contributed by atoms with E-state index in [0.29, 0.717) is 12.2 Å². The Balaban J connectivity index is 3.89. The van der Waals surface area contributed by atoms with Crippen LogP contribution in [-0.4, -0.2) is 64.9 Å². The quantitative estimate of drug-likeness (QED) is 0.112. The first kappa shape index (κ1) is 26.9. The van der Waals surface area contributed by atoms with Gasteiger partial charge in [0, 0.05) is 23.7 Å². The summed E-state index contributed by atoms with van der Waals surface area (Å²) < 4.78 is 35.7. The first-order valence-corrected chi connectivity index (χ1v) is 13.4. The van der Waals surface area contributed by atoms with E-state index in [2.05, 4.69) is 9.84 Å². The van der Waals surface area contributed by atoms with Crippen molar-refractivity contribution in [2.24, 2.45) is 0 Å². The van der Waals surface area contributed by atoms with Crippen LogP contribution in [0.2, 0.25) is 0 Å². The zero-order valence-corrected chi connectivity index (χ0v) is 18.1. The highest BCUT2D eigenvalue weighted by Crippen LogP contribution is 2.38. The van der Waals surface area contributed by atoms with Gasteiger partial charge in [0.15, 0.2) is 6.04 Å². The van der Waals surface area contributed by atoms with Gasteiger partial charge in [-0.25, -0.2) is 9.36 Å². The van der Waals surface area contributed by atoms with Crippen LogP contribution in [0, 0.1) is 0 Å². The van der Waals surface area contributed by atoms with Crippen molar-refractivity contribution in [3.05, 3.63) is 0 Å². The Hall–Kier alpha value is -0.140. The maximum absolute atomic E-state index is 11.8. The van der Waals surface area contributed by atoms with Crippen molar-refractivity contribution in [1.29, 1.82) is 0 Å². The highest BCUT2D eigenvalue weighted by Gasteiger charge is 2.32. The Kier molecular flexibility index (Phi) is 14.7. The first-order chi connectivity index (χ1) is 12.5. The third-order valence-electron chi connectivity index (χ3n) is 3.15. The van der Waals surface area contributed by atoms with Crippen molar-refractivity contribution >= 4 is 52.4 Å². The zero-order chi connectivity index (χ0) is 20.9. The predicted molar refractivity (Wildman–Crippen MR) is 104 cm³/mol. The van der Waals surface area contributed by atoms with Gasteiger partial charge in [-0.05, 0) is 19.8 Å². The molecular weight excluding hydrogens is 441 g/mol. The number of unbranched alkanes of at least 4 members (excludes halogenated alkanes) is 3. The largest absolute Gasteiger partial charge is 0.772 e. The van der Waals surface area contributed by atoms with Crippen LogP contribution in [0.25, 0.3) is 0 Å². The minimum atomic E-state index is -4.86. The lowest BCUT2D eigenvalue weighted by Crippen LogP contribution is -2.48. The van der Waals surface area contributed by atoms with Gasteiger partial charge in [-0.15, -0.1) is 0 Å². The molecule has 0 rings (SSSR count). The van der Waals surface area contributed by atoms with Crippen LogP contribution in [0.15, 0.2) is 0 Å². The summed E-state index contributed by atoms with van der Waals surface area (Å²) in [4.78, 5) is 40.4. The van der Waals surface area contributed by atoms with Gasteiger partial charge in [-0.3, -0.25) is 13.5 Å². The van der Waals surface area contributed by atoms with Crippen molar-refractivity contribution in [3.63, 3.8) is 0 Å². The smallest absolute Gasteiger partial charge is 0.469 e. The maximum Gasteiger partial charge on any atom is 0.469 e. The molecule has 27 heavy (non-hydrogen) atoms. The molecule has 1 amide bonds. The topological polar surface area (TPSA) is 173 Å². The lowest BCUT2D eigenvalue weighted by molar-refractivity contribution is -0.144. The molecule has 0 heterocycles. The molecule has 0 aromatic carbocycles. The number of hydrogen-bond donors (Lipinski definition) is 4. The fourth-order valence-electron chi connectivity index (χ4n) is 1.92. The standard InChI is InChI=1S/C13H26NO9PS3/c1-10(23-24(18,19)20)12(13(16)17)14-11(15)6-4-2-3-5-7-25-26-8-9-27(21)22/h10,12H,2-9H2,1H3,(H,14,15)(H,16,17)(H,21,22)(H2,18,19,20)/p-1/t10?,12-/m0/s1. The maximum atomic E-state index is 11.8. The minimum Gasteiger partial charge on any atom is -0.772 e. The molecule has 14 heteroatoms. The minimum absolute atomic E-state index is 0.101. The van der Waals surface area contributed by atoms with E-state index >= 15 is 0 Å². The second kappa shape index (κ2) is 14.8. The SMILES string of the molecule is CC(OP(=O)(O)O)[C@H](NC(=O)CCCCCCSSCCS(=O)[O-])C(=O)O. The summed E-state index contributed by atoms with van der Waals surface area (Å²) in [6.07, 6.45) is 1.85. The van der Waals surface area contributed by atoms with Gasteiger partial charge >= 0.3 is 13.8 Å². The number of carboxylic acids is 1. The molecule has 0 spiro atoms. The number of nitrogens with one attached hydrogen (secondary N) is 1. The molecule has 0 radical (unpaired) electrons. The Bertz CT molecular complexity index is 531. The summed E-state index contributed by atoms with van der Waals surface area (Å²) in [5.41, 5.74) is 0. The molecule has 0 saturated carbocycles. The third kappa shape index (κ3) is 16.5. The van der Waals surface area contributed by atoms with Gasteiger partial charge in [0.25, 0.3) is 0 Å². The van der Waals surface area contributed by atoms with Crippen LogP contribution in [0.5, 0.6) is 0 Å². The lowest BCUT2D eigenvalue weighted by Gasteiger charge is -2.21. The molecule has 0 saturated heterocycles. The number of rotatable bonds is 16. The van der Waals surface area contributed by atoms with Crippen LogP contribution in [0.1, 0.15) is 39.0 Å². The van der Waals surface area contributed by atoms with E-state index in [1.807, 2.05) is 0 Å². The summed E-state index contributed by atoms with van der Waals surface area (Å²) in [6, 6.07) is -1.55. The van der Waals surface area contributed by atoms with Crippen LogP contribution < -0.4 is 5.32 Å². The first-order valence-electron chi connectivity index (χ1n) is 8.09. The van der Waals surface area contributed by atoms with E-state index in [0.717, 1.165) is 31.9 Å². The average Bonchev–Trinajstić information content (AvgIpc) is 2.52. The molecule has 10 nitrogen and oxygen atoms in total. The molecule has 160 valence electrons. The van der Waals surface area contributed by atoms with Crippen molar-refractivity contribution < 1.29 is 42.3 Å². The molecular formula is C13H25NO9PS3-. The van der Waals surface area contributed by atoms with Crippen molar-refractivity contribution in [2.75, 3.05) is 17.3 Å². The zero-order valence-electron chi connectivity index (χ0n) is 14.8. The van der Waals surface area contributed by atoms with Gasteiger partial charge in [-0.1, -0.05) is 45.5 Å². The van der Waals surface area contributed by atoms with E-state index in [-0.39, 0.29) is 12.2 Å². The number of carboxylic acid groups (broad SMARTS) is 1. The predicted octanol–water partition coefficient (Wildman–Crippen LogP) is 1.26. The average molecular weight is 467 g/mol.